The van der Waals surface area contributed by atoms with Gasteiger partial charge in [-0.2, -0.15) is 0 Å². The van der Waals surface area contributed by atoms with Crippen LogP contribution < -0.4 is 0 Å². The van der Waals surface area contributed by atoms with Crippen molar-refractivity contribution in [1.29, 1.82) is 0 Å². The Balaban J connectivity index is 1.60. The van der Waals surface area contributed by atoms with Crippen LogP contribution in [0.5, 0.6) is 0 Å². The van der Waals surface area contributed by atoms with E-state index in [1.165, 1.54) is 0 Å². The first-order chi connectivity index (χ1) is 10.6. The molecule has 3 rings (SSSR count). The number of methoxy groups -OCH3 is 1. The van der Waals surface area contributed by atoms with Crippen molar-refractivity contribution in [3.63, 3.8) is 0 Å². The molecule has 124 valence electrons. The van der Waals surface area contributed by atoms with E-state index in [1.54, 1.807) is 7.11 Å². The van der Waals surface area contributed by atoms with Gasteiger partial charge in [0.25, 0.3) is 0 Å². The Morgan fingerprint density at radius 2 is 2.00 bits per heavy atom. The van der Waals surface area contributed by atoms with Crippen LogP contribution in [0.2, 0.25) is 0 Å². The van der Waals surface area contributed by atoms with Gasteiger partial charge < -0.3 is 14.5 Å². The molecule has 3 aliphatic rings. The van der Waals surface area contributed by atoms with E-state index < -0.39 is 0 Å². The van der Waals surface area contributed by atoms with Gasteiger partial charge in [-0.15, -0.1) is 0 Å². The second-order valence-electron chi connectivity index (χ2n) is 7.31. The quantitative estimate of drug-likeness (QED) is 0.791. The molecule has 3 atom stereocenters. The van der Waals surface area contributed by atoms with Gasteiger partial charge in [0.1, 0.15) is 0 Å². The lowest BCUT2D eigenvalue weighted by molar-refractivity contribution is -0.138. The summed E-state index contributed by atoms with van der Waals surface area (Å²) in [7, 11) is 1.67. The molecule has 1 spiro atoms. The zero-order valence-corrected chi connectivity index (χ0v) is 13.8. The molecule has 2 amide bonds. The zero-order valence-electron chi connectivity index (χ0n) is 13.8. The van der Waals surface area contributed by atoms with Gasteiger partial charge >= 0.3 is 0 Å². The van der Waals surface area contributed by atoms with Gasteiger partial charge in [0.05, 0.1) is 12.0 Å². The molecule has 0 N–H and O–H groups in total. The third-order valence-electron chi connectivity index (χ3n) is 5.85. The van der Waals surface area contributed by atoms with Crippen molar-refractivity contribution in [3.8, 4) is 0 Å². The van der Waals surface area contributed by atoms with E-state index in [0.717, 1.165) is 51.7 Å². The number of ether oxygens (including phenoxy) is 1. The number of carbonyl (C=O) groups is 2. The number of likely N-dealkylation sites (tertiary alicyclic amines) is 2. The van der Waals surface area contributed by atoms with Crippen LogP contribution in [0, 0.1) is 17.3 Å². The lowest BCUT2D eigenvalue weighted by atomic mass is 9.79. The Hall–Kier alpha value is -1.10. The highest BCUT2D eigenvalue weighted by molar-refractivity contribution is 5.85. The molecule has 0 unspecified atom stereocenters. The first kappa shape index (κ1) is 15.8. The highest BCUT2D eigenvalue weighted by atomic mass is 16.5. The number of hydrogen-bond donors (Lipinski definition) is 0. The summed E-state index contributed by atoms with van der Waals surface area (Å²) < 4.78 is 5.10. The van der Waals surface area contributed by atoms with Gasteiger partial charge in [-0.25, -0.2) is 0 Å². The molecule has 5 nitrogen and oxygen atoms in total. The number of amides is 2. The van der Waals surface area contributed by atoms with Crippen LogP contribution in [-0.2, 0) is 14.3 Å². The fourth-order valence-corrected chi connectivity index (χ4v) is 4.09. The van der Waals surface area contributed by atoms with Gasteiger partial charge in [-0.05, 0) is 38.0 Å². The van der Waals surface area contributed by atoms with Crippen molar-refractivity contribution in [3.05, 3.63) is 0 Å². The van der Waals surface area contributed by atoms with Gasteiger partial charge in [-0.1, -0.05) is 6.92 Å². The van der Waals surface area contributed by atoms with E-state index in [0.29, 0.717) is 30.9 Å². The maximum atomic E-state index is 12.8. The third-order valence-corrected chi connectivity index (χ3v) is 5.85. The molecule has 3 fully saturated rings. The minimum absolute atomic E-state index is 0.210. The predicted octanol–water partition coefficient (Wildman–Crippen LogP) is 1.52. The Morgan fingerprint density at radius 3 is 2.68 bits per heavy atom. The van der Waals surface area contributed by atoms with E-state index in [1.807, 2.05) is 9.80 Å². The van der Waals surface area contributed by atoms with Gasteiger partial charge in [0.15, 0.2) is 0 Å². The summed E-state index contributed by atoms with van der Waals surface area (Å²) in [6.07, 6.45) is 4.71. The zero-order chi connectivity index (χ0) is 15.7. The summed E-state index contributed by atoms with van der Waals surface area (Å²) in [6, 6.07) is 0. The van der Waals surface area contributed by atoms with Crippen molar-refractivity contribution in [1.82, 2.24) is 9.80 Å². The van der Waals surface area contributed by atoms with Crippen molar-refractivity contribution in [2.75, 3.05) is 39.9 Å². The lowest BCUT2D eigenvalue weighted by Gasteiger charge is -2.26. The van der Waals surface area contributed by atoms with E-state index in [2.05, 4.69) is 6.92 Å². The third kappa shape index (κ3) is 2.87. The van der Waals surface area contributed by atoms with Crippen LogP contribution in [0.4, 0.5) is 0 Å². The van der Waals surface area contributed by atoms with Crippen molar-refractivity contribution >= 4 is 11.8 Å². The molecule has 2 aliphatic heterocycles. The summed E-state index contributed by atoms with van der Waals surface area (Å²) in [5.74, 6) is 1.43. The Bertz CT molecular complexity index is 453. The first-order valence-electron chi connectivity index (χ1n) is 8.64. The van der Waals surface area contributed by atoms with Crippen molar-refractivity contribution in [2.24, 2.45) is 17.3 Å². The summed E-state index contributed by atoms with van der Waals surface area (Å²) in [4.78, 5) is 29.2. The average Bonchev–Trinajstić information content (AvgIpc) is 3.21. The van der Waals surface area contributed by atoms with E-state index >= 15 is 0 Å². The SMILES string of the molecule is COCCN1CC[C@]2(CCCN(C(=O)[C@@H]3C[C@H]3C)CC2)C1=O. The van der Waals surface area contributed by atoms with Crippen LogP contribution >= 0.6 is 0 Å². The molecule has 0 aromatic carbocycles. The average molecular weight is 308 g/mol. The number of hydrogen-bond acceptors (Lipinski definition) is 3. The summed E-state index contributed by atoms with van der Waals surface area (Å²) >= 11 is 0. The van der Waals surface area contributed by atoms with Gasteiger partial charge in [0.2, 0.25) is 11.8 Å². The molecule has 0 radical (unpaired) electrons. The maximum absolute atomic E-state index is 12.8. The predicted molar refractivity (Wildman–Crippen MR) is 83.2 cm³/mol. The van der Waals surface area contributed by atoms with Crippen LogP contribution in [-0.4, -0.2) is 61.5 Å². The standard InChI is InChI=1S/C17H28N2O3/c1-13-12-14(13)15(20)18-7-3-4-17(5-8-18)6-9-19(16(17)21)10-11-22-2/h13-14H,3-12H2,1-2H3/t13-,14-,17-/m1/s1. The molecule has 1 saturated carbocycles. The number of rotatable bonds is 4. The van der Waals surface area contributed by atoms with E-state index in [4.69, 9.17) is 4.74 Å². The molecule has 0 aromatic rings. The maximum Gasteiger partial charge on any atom is 0.229 e. The lowest BCUT2D eigenvalue weighted by Crippen LogP contribution is -2.38. The highest BCUT2D eigenvalue weighted by Gasteiger charge is 2.48. The molecule has 1 aliphatic carbocycles. The Labute approximate surface area is 133 Å². The molecular weight excluding hydrogens is 280 g/mol. The fraction of sp³-hybridized carbons (Fsp3) is 0.882. The topological polar surface area (TPSA) is 49.9 Å². The molecule has 2 heterocycles. The highest BCUT2D eigenvalue weighted by Crippen LogP contribution is 2.43. The Kier molecular flexibility index (Phi) is 4.44. The summed E-state index contributed by atoms with van der Waals surface area (Å²) in [5, 5.41) is 0. The number of carbonyl (C=O) groups excluding carboxylic acids is 2. The number of nitrogens with zero attached hydrogens (tertiary/aromatic N) is 2. The molecule has 0 bridgehead atoms. The van der Waals surface area contributed by atoms with Crippen LogP contribution in [0.3, 0.4) is 0 Å². The van der Waals surface area contributed by atoms with Gasteiger partial charge in [0, 0.05) is 39.2 Å². The Morgan fingerprint density at radius 1 is 1.27 bits per heavy atom. The monoisotopic (exact) mass is 308 g/mol. The van der Waals surface area contributed by atoms with Crippen LogP contribution in [0.1, 0.15) is 39.0 Å². The molecule has 0 aromatic heterocycles. The normalized spacial score (nSPS) is 35.1. The minimum Gasteiger partial charge on any atom is -0.383 e. The first-order valence-corrected chi connectivity index (χ1v) is 8.64. The van der Waals surface area contributed by atoms with E-state index in [9.17, 15) is 9.59 Å². The second kappa shape index (κ2) is 6.19. The van der Waals surface area contributed by atoms with Crippen LogP contribution in [0.25, 0.3) is 0 Å². The summed E-state index contributed by atoms with van der Waals surface area (Å²) in [5.41, 5.74) is -0.210. The largest absolute Gasteiger partial charge is 0.383 e. The molecule has 5 heteroatoms. The van der Waals surface area contributed by atoms with Crippen molar-refractivity contribution < 1.29 is 14.3 Å². The molecule has 2 saturated heterocycles. The summed E-state index contributed by atoms with van der Waals surface area (Å²) in [6.45, 7) is 5.87. The molecular formula is C17H28N2O3. The fourth-order valence-electron chi connectivity index (χ4n) is 4.09. The second-order valence-corrected chi connectivity index (χ2v) is 7.31. The van der Waals surface area contributed by atoms with Crippen molar-refractivity contribution in [2.45, 2.75) is 39.0 Å². The minimum atomic E-state index is -0.210. The van der Waals surface area contributed by atoms with Crippen LogP contribution in [0.15, 0.2) is 0 Å². The van der Waals surface area contributed by atoms with Gasteiger partial charge in [-0.3, -0.25) is 9.59 Å². The van der Waals surface area contributed by atoms with E-state index in [-0.39, 0.29) is 11.3 Å². The molecule has 22 heavy (non-hydrogen) atoms. The smallest absolute Gasteiger partial charge is 0.229 e.